The van der Waals surface area contributed by atoms with Crippen molar-refractivity contribution in [2.75, 3.05) is 6.61 Å². The molecule has 1 amide bonds. The Labute approximate surface area is 154 Å². The molecule has 0 aliphatic carbocycles. The number of rotatable bonds is 9. The van der Waals surface area contributed by atoms with E-state index >= 15 is 0 Å². The van der Waals surface area contributed by atoms with Crippen molar-refractivity contribution in [2.45, 2.75) is 32.3 Å². The Balaban J connectivity index is 1.88. The molecule has 26 heavy (non-hydrogen) atoms. The number of carbonyl (C=O) groups excluding carboxylic acids is 2. The van der Waals surface area contributed by atoms with Crippen LogP contribution in [0.25, 0.3) is 0 Å². The average molecular weight is 354 g/mol. The lowest BCUT2D eigenvalue weighted by atomic mass is 10.0. The highest BCUT2D eigenvalue weighted by atomic mass is 16.6. The normalized spacial score (nSPS) is 10.4. The van der Waals surface area contributed by atoms with Gasteiger partial charge in [0.15, 0.2) is 6.10 Å². The van der Waals surface area contributed by atoms with Gasteiger partial charge in [0.25, 0.3) is 0 Å². The standard InChI is InChI=1S/C21H24NO4/c1-2-3-16-25-21(24)22-15-14-19(23)26-20(17-10-6-4-7-11-17)18-12-8-5-9-13-18/h4-13,15,20H,2-3,14,16H2,1H3,(H,22,24). The summed E-state index contributed by atoms with van der Waals surface area (Å²) >= 11 is 0. The molecule has 5 nitrogen and oxygen atoms in total. The SMILES string of the molecule is CCCCOC(=O)N[CH]CC(=O)OC(c1ccccc1)c1ccccc1. The van der Waals surface area contributed by atoms with Gasteiger partial charge in [-0.3, -0.25) is 4.79 Å². The van der Waals surface area contributed by atoms with Gasteiger partial charge in [0, 0.05) is 0 Å². The van der Waals surface area contributed by atoms with Crippen LogP contribution < -0.4 is 5.32 Å². The third-order valence-corrected chi connectivity index (χ3v) is 3.67. The Kier molecular flexibility index (Phi) is 8.19. The molecule has 2 aromatic rings. The van der Waals surface area contributed by atoms with Crippen molar-refractivity contribution in [1.29, 1.82) is 0 Å². The minimum absolute atomic E-state index is 0.0426. The van der Waals surface area contributed by atoms with E-state index in [0.717, 1.165) is 24.0 Å². The quantitative estimate of drug-likeness (QED) is 0.535. The number of esters is 1. The Bertz CT molecular complexity index is 633. The van der Waals surface area contributed by atoms with Crippen molar-refractivity contribution < 1.29 is 19.1 Å². The van der Waals surface area contributed by atoms with Crippen LogP contribution in [0, 0.1) is 6.54 Å². The first-order chi connectivity index (χ1) is 12.7. The third-order valence-electron chi connectivity index (χ3n) is 3.67. The van der Waals surface area contributed by atoms with Crippen molar-refractivity contribution in [3.05, 3.63) is 78.3 Å². The Hall–Kier alpha value is -2.82. The summed E-state index contributed by atoms with van der Waals surface area (Å²) in [6.45, 7) is 3.73. The number of hydrogen-bond acceptors (Lipinski definition) is 4. The summed E-state index contributed by atoms with van der Waals surface area (Å²) in [5, 5.41) is 2.44. The molecule has 1 radical (unpaired) electrons. The predicted molar refractivity (Wildman–Crippen MR) is 99.1 cm³/mol. The van der Waals surface area contributed by atoms with E-state index in [4.69, 9.17) is 9.47 Å². The number of nitrogens with one attached hydrogen (secondary N) is 1. The smallest absolute Gasteiger partial charge is 0.407 e. The molecule has 0 atom stereocenters. The predicted octanol–water partition coefficient (Wildman–Crippen LogP) is 4.40. The first-order valence-corrected chi connectivity index (χ1v) is 8.75. The molecule has 0 spiro atoms. The highest BCUT2D eigenvalue weighted by Crippen LogP contribution is 2.26. The van der Waals surface area contributed by atoms with Gasteiger partial charge in [-0.15, -0.1) is 0 Å². The van der Waals surface area contributed by atoms with Gasteiger partial charge in [-0.05, 0) is 17.5 Å². The summed E-state index contributed by atoms with van der Waals surface area (Å²) in [4.78, 5) is 23.6. The molecule has 0 saturated heterocycles. The summed E-state index contributed by atoms with van der Waals surface area (Å²) in [6, 6.07) is 19.1. The van der Waals surface area contributed by atoms with Crippen molar-refractivity contribution in [1.82, 2.24) is 5.32 Å². The van der Waals surface area contributed by atoms with E-state index in [1.165, 1.54) is 6.54 Å². The van der Waals surface area contributed by atoms with E-state index in [2.05, 4.69) is 5.32 Å². The van der Waals surface area contributed by atoms with Gasteiger partial charge < -0.3 is 14.8 Å². The van der Waals surface area contributed by atoms with E-state index in [1.54, 1.807) is 0 Å². The van der Waals surface area contributed by atoms with Gasteiger partial charge in [0.2, 0.25) is 0 Å². The maximum absolute atomic E-state index is 12.2. The molecule has 137 valence electrons. The number of carbonyl (C=O) groups is 2. The minimum atomic E-state index is -0.561. The van der Waals surface area contributed by atoms with Crippen LogP contribution in [0.1, 0.15) is 43.4 Å². The van der Waals surface area contributed by atoms with Gasteiger partial charge in [0.05, 0.1) is 19.6 Å². The first kappa shape index (κ1) is 19.5. The zero-order valence-corrected chi connectivity index (χ0v) is 14.9. The average Bonchev–Trinajstić information content (AvgIpc) is 2.68. The van der Waals surface area contributed by atoms with Crippen molar-refractivity contribution in [2.24, 2.45) is 0 Å². The van der Waals surface area contributed by atoms with E-state index in [-0.39, 0.29) is 6.42 Å². The molecule has 0 bridgehead atoms. The van der Waals surface area contributed by atoms with Crippen LogP contribution >= 0.6 is 0 Å². The number of benzene rings is 2. The van der Waals surface area contributed by atoms with E-state index in [1.807, 2.05) is 67.6 Å². The summed E-state index contributed by atoms with van der Waals surface area (Å²) in [6.07, 6.45) is 0.664. The fraction of sp³-hybridized carbons (Fsp3) is 0.286. The minimum Gasteiger partial charge on any atom is -0.452 e. The van der Waals surface area contributed by atoms with Gasteiger partial charge in [-0.25, -0.2) is 4.79 Å². The van der Waals surface area contributed by atoms with Crippen molar-refractivity contribution >= 4 is 12.1 Å². The third kappa shape index (κ3) is 6.59. The second-order valence-electron chi connectivity index (χ2n) is 5.73. The molecule has 0 heterocycles. The van der Waals surface area contributed by atoms with E-state index < -0.39 is 18.2 Å². The maximum atomic E-state index is 12.2. The number of ether oxygens (including phenoxy) is 2. The molecule has 0 unspecified atom stereocenters. The summed E-state index contributed by atoms with van der Waals surface area (Å²) < 4.78 is 10.6. The van der Waals surface area contributed by atoms with Crippen LogP contribution in [0.5, 0.6) is 0 Å². The summed E-state index contributed by atoms with van der Waals surface area (Å²) in [5.74, 6) is -0.434. The number of hydrogen-bond donors (Lipinski definition) is 1. The number of alkyl carbamates (subject to hydrolysis) is 1. The number of unbranched alkanes of at least 4 members (excludes halogenated alkanes) is 1. The zero-order chi connectivity index (χ0) is 18.6. The molecule has 1 N–H and O–H groups in total. The molecule has 2 rings (SSSR count). The monoisotopic (exact) mass is 354 g/mol. The lowest BCUT2D eigenvalue weighted by Gasteiger charge is -2.19. The zero-order valence-electron chi connectivity index (χ0n) is 14.9. The lowest BCUT2D eigenvalue weighted by Crippen LogP contribution is -2.24. The van der Waals surface area contributed by atoms with Crippen LogP contribution in [-0.2, 0) is 14.3 Å². The fourth-order valence-electron chi connectivity index (χ4n) is 2.33. The molecule has 0 saturated carbocycles. The van der Waals surface area contributed by atoms with Gasteiger partial charge in [0.1, 0.15) is 0 Å². The first-order valence-electron chi connectivity index (χ1n) is 8.75. The van der Waals surface area contributed by atoms with Crippen LogP contribution in [0.3, 0.4) is 0 Å². The van der Waals surface area contributed by atoms with Crippen LogP contribution in [0.2, 0.25) is 0 Å². The molecule has 5 heteroatoms. The summed E-state index contributed by atoms with van der Waals surface area (Å²) in [5.41, 5.74) is 1.78. The highest BCUT2D eigenvalue weighted by Gasteiger charge is 2.18. The van der Waals surface area contributed by atoms with Crippen LogP contribution in [-0.4, -0.2) is 18.7 Å². The second kappa shape index (κ2) is 10.9. The molecule has 0 aliphatic rings. The highest BCUT2D eigenvalue weighted by molar-refractivity contribution is 5.73. The molecule has 2 aromatic carbocycles. The Morgan fingerprint density at radius 2 is 1.58 bits per heavy atom. The Morgan fingerprint density at radius 3 is 2.12 bits per heavy atom. The van der Waals surface area contributed by atoms with Crippen LogP contribution in [0.15, 0.2) is 60.7 Å². The molecular formula is C21H24NO4. The molecular weight excluding hydrogens is 330 g/mol. The van der Waals surface area contributed by atoms with Crippen molar-refractivity contribution in [3.63, 3.8) is 0 Å². The fourth-order valence-corrected chi connectivity index (χ4v) is 2.33. The molecule has 0 aliphatic heterocycles. The van der Waals surface area contributed by atoms with Gasteiger partial charge in [-0.1, -0.05) is 74.0 Å². The van der Waals surface area contributed by atoms with E-state index in [9.17, 15) is 9.59 Å². The Morgan fingerprint density at radius 1 is 1.00 bits per heavy atom. The van der Waals surface area contributed by atoms with Crippen LogP contribution in [0.4, 0.5) is 4.79 Å². The van der Waals surface area contributed by atoms with Gasteiger partial charge >= 0.3 is 12.1 Å². The van der Waals surface area contributed by atoms with Gasteiger partial charge in [-0.2, -0.15) is 0 Å². The lowest BCUT2D eigenvalue weighted by molar-refractivity contribution is -0.146. The maximum Gasteiger partial charge on any atom is 0.407 e. The molecule has 0 fully saturated rings. The topological polar surface area (TPSA) is 64.6 Å². The van der Waals surface area contributed by atoms with E-state index in [0.29, 0.717) is 6.61 Å². The number of amides is 1. The van der Waals surface area contributed by atoms with Crippen molar-refractivity contribution in [3.8, 4) is 0 Å². The second-order valence-corrected chi connectivity index (χ2v) is 5.73. The largest absolute Gasteiger partial charge is 0.452 e. The molecule has 0 aromatic heterocycles. The summed E-state index contributed by atoms with van der Waals surface area (Å²) in [7, 11) is 0.